The molecule has 2 aromatic rings. The highest BCUT2D eigenvalue weighted by atomic mass is 16.5. The van der Waals surface area contributed by atoms with E-state index in [1.165, 1.54) is 4.90 Å². The van der Waals surface area contributed by atoms with Crippen LogP contribution in [0.3, 0.4) is 0 Å². The van der Waals surface area contributed by atoms with E-state index < -0.39 is 6.03 Å². The molecule has 1 aromatic carbocycles. The zero-order valence-electron chi connectivity index (χ0n) is 15.5. The van der Waals surface area contributed by atoms with Crippen LogP contribution in [0.4, 0.5) is 10.6 Å². The molecule has 142 valence electrons. The SMILES string of the molecule is COC[C@@H]1[C@@H](Cc2ccnc(N)c2)C(=O)N1C(=O)N[C@H](C)c1ccccc1. The highest BCUT2D eigenvalue weighted by Crippen LogP contribution is 2.31. The van der Waals surface area contributed by atoms with Gasteiger partial charge in [0.15, 0.2) is 0 Å². The first kappa shape index (κ1) is 18.8. The van der Waals surface area contributed by atoms with Gasteiger partial charge in [0.25, 0.3) is 0 Å². The molecule has 0 unspecified atom stereocenters. The Labute approximate surface area is 158 Å². The van der Waals surface area contributed by atoms with Gasteiger partial charge in [0.2, 0.25) is 5.91 Å². The summed E-state index contributed by atoms with van der Waals surface area (Å²) in [7, 11) is 1.56. The van der Waals surface area contributed by atoms with Crippen LogP contribution in [0.5, 0.6) is 0 Å². The van der Waals surface area contributed by atoms with Crippen LogP contribution >= 0.6 is 0 Å². The van der Waals surface area contributed by atoms with Crippen molar-refractivity contribution in [2.75, 3.05) is 19.5 Å². The van der Waals surface area contributed by atoms with E-state index in [-0.39, 0.29) is 23.9 Å². The molecule has 1 saturated heterocycles. The topological polar surface area (TPSA) is 97.6 Å². The fourth-order valence-corrected chi connectivity index (χ4v) is 3.40. The van der Waals surface area contributed by atoms with Gasteiger partial charge in [-0.1, -0.05) is 30.3 Å². The number of imide groups is 1. The number of nitrogens with one attached hydrogen (secondary N) is 1. The third-order valence-electron chi connectivity index (χ3n) is 4.85. The zero-order chi connectivity index (χ0) is 19.4. The lowest BCUT2D eigenvalue weighted by Gasteiger charge is -2.45. The molecule has 3 rings (SSSR count). The van der Waals surface area contributed by atoms with Crippen molar-refractivity contribution >= 4 is 17.8 Å². The molecule has 7 heteroatoms. The lowest BCUT2D eigenvalue weighted by Crippen LogP contribution is -2.67. The van der Waals surface area contributed by atoms with Crippen molar-refractivity contribution in [3.05, 3.63) is 59.8 Å². The van der Waals surface area contributed by atoms with Gasteiger partial charge in [0, 0.05) is 13.3 Å². The van der Waals surface area contributed by atoms with Gasteiger partial charge in [-0.2, -0.15) is 0 Å². The van der Waals surface area contributed by atoms with Crippen LogP contribution < -0.4 is 11.1 Å². The average Bonchev–Trinajstić information content (AvgIpc) is 2.66. The van der Waals surface area contributed by atoms with Gasteiger partial charge in [-0.15, -0.1) is 0 Å². The molecule has 2 heterocycles. The molecule has 1 aromatic heterocycles. The van der Waals surface area contributed by atoms with E-state index in [1.807, 2.05) is 43.3 Å². The van der Waals surface area contributed by atoms with E-state index >= 15 is 0 Å². The number of nitrogens with two attached hydrogens (primary N) is 1. The maximum Gasteiger partial charge on any atom is 0.324 e. The second-order valence-corrected chi connectivity index (χ2v) is 6.71. The normalized spacial score (nSPS) is 20.1. The molecule has 3 N–H and O–H groups in total. The molecule has 0 spiro atoms. The number of nitrogen functional groups attached to an aromatic ring is 1. The molecule has 0 saturated carbocycles. The highest BCUT2D eigenvalue weighted by molar-refractivity contribution is 6.01. The lowest BCUT2D eigenvalue weighted by atomic mass is 9.83. The maximum atomic E-state index is 12.7. The number of carbonyl (C=O) groups excluding carboxylic acids is 2. The number of hydrogen-bond donors (Lipinski definition) is 2. The smallest absolute Gasteiger partial charge is 0.324 e. The number of amides is 3. The molecule has 7 nitrogen and oxygen atoms in total. The third-order valence-corrected chi connectivity index (χ3v) is 4.85. The van der Waals surface area contributed by atoms with Crippen molar-refractivity contribution in [2.24, 2.45) is 5.92 Å². The first-order valence-corrected chi connectivity index (χ1v) is 8.89. The van der Waals surface area contributed by atoms with Gasteiger partial charge < -0.3 is 15.8 Å². The number of hydrogen-bond acceptors (Lipinski definition) is 5. The second kappa shape index (κ2) is 8.18. The Morgan fingerprint density at radius 2 is 2.07 bits per heavy atom. The monoisotopic (exact) mass is 368 g/mol. The van der Waals surface area contributed by atoms with Crippen molar-refractivity contribution in [2.45, 2.75) is 25.4 Å². The number of pyridine rings is 1. The quantitative estimate of drug-likeness (QED) is 0.762. The first-order chi connectivity index (χ1) is 13.0. The predicted octanol–water partition coefficient (Wildman–Crippen LogP) is 2.15. The van der Waals surface area contributed by atoms with Crippen molar-refractivity contribution < 1.29 is 14.3 Å². The Kier molecular flexibility index (Phi) is 5.71. The average molecular weight is 368 g/mol. The molecule has 0 bridgehead atoms. The minimum Gasteiger partial charge on any atom is -0.384 e. The Bertz CT molecular complexity index is 812. The number of likely N-dealkylation sites (tertiary alicyclic amines) is 1. The van der Waals surface area contributed by atoms with Gasteiger partial charge >= 0.3 is 6.03 Å². The fraction of sp³-hybridized carbons (Fsp3) is 0.350. The summed E-state index contributed by atoms with van der Waals surface area (Å²) in [6.45, 7) is 2.18. The van der Waals surface area contributed by atoms with E-state index in [1.54, 1.807) is 19.4 Å². The van der Waals surface area contributed by atoms with Crippen molar-refractivity contribution in [3.63, 3.8) is 0 Å². The summed E-state index contributed by atoms with van der Waals surface area (Å²) >= 11 is 0. The Hall–Kier alpha value is -2.93. The number of ether oxygens (including phenoxy) is 1. The van der Waals surface area contributed by atoms with Crippen LogP contribution in [-0.4, -0.2) is 41.6 Å². The van der Waals surface area contributed by atoms with Gasteiger partial charge in [-0.3, -0.25) is 9.69 Å². The lowest BCUT2D eigenvalue weighted by molar-refractivity contribution is -0.153. The van der Waals surface area contributed by atoms with Crippen LogP contribution in [0.2, 0.25) is 0 Å². The molecule has 3 amide bonds. The summed E-state index contributed by atoms with van der Waals surface area (Å²) in [5.41, 5.74) is 7.61. The van der Waals surface area contributed by atoms with Crippen LogP contribution in [0.1, 0.15) is 24.1 Å². The second-order valence-electron chi connectivity index (χ2n) is 6.71. The molecule has 27 heavy (non-hydrogen) atoms. The molecule has 3 atom stereocenters. The number of urea groups is 1. The maximum absolute atomic E-state index is 12.7. The number of β-lactam (4-membered cyclic amide) rings is 1. The fourth-order valence-electron chi connectivity index (χ4n) is 3.40. The van der Waals surface area contributed by atoms with E-state index in [4.69, 9.17) is 10.5 Å². The predicted molar refractivity (Wildman–Crippen MR) is 102 cm³/mol. The number of benzene rings is 1. The van der Waals surface area contributed by atoms with Gasteiger partial charge in [0.05, 0.1) is 24.6 Å². The number of aromatic nitrogens is 1. The summed E-state index contributed by atoms with van der Waals surface area (Å²) in [5, 5.41) is 2.89. The summed E-state index contributed by atoms with van der Waals surface area (Å²) < 4.78 is 5.24. The van der Waals surface area contributed by atoms with Crippen molar-refractivity contribution in [3.8, 4) is 0 Å². The number of nitrogens with zero attached hydrogens (tertiary/aromatic N) is 2. The molecule has 1 fully saturated rings. The number of methoxy groups -OCH3 is 1. The van der Waals surface area contributed by atoms with E-state index in [2.05, 4.69) is 10.3 Å². The minimum atomic E-state index is -0.399. The minimum absolute atomic E-state index is 0.200. The number of carbonyl (C=O) groups is 2. The van der Waals surface area contributed by atoms with Crippen LogP contribution in [-0.2, 0) is 16.0 Å². The molecule has 0 aliphatic carbocycles. The molecular weight excluding hydrogens is 344 g/mol. The largest absolute Gasteiger partial charge is 0.384 e. The number of anilines is 1. The first-order valence-electron chi connectivity index (χ1n) is 8.89. The summed E-state index contributed by atoms with van der Waals surface area (Å²) in [6, 6.07) is 12.3. The molecule has 0 radical (unpaired) electrons. The van der Waals surface area contributed by atoms with Gasteiger partial charge in [-0.05, 0) is 36.6 Å². The number of rotatable bonds is 6. The van der Waals surface area contributed by atoms with E-state index in [9.17, 15) is 9.59 Å². The Morgan fingerprint density at radius 3 is 2.74 bits per heavy atom. The van der Waals surface area contributed by atoms with Crippen LogP contribution in [0.25, 0.3) is 0 Å². The van der Waals surface area contributed by atoms with Crippen molar-refractivity contribution in [1.29, 1.82) is 0 Å². The van der Waals surface area contributed by atoms with E-state index in [0.717, 1.165) is 11.1 Å². The Balaban J connectivity index is 1.68. The van der Waals surface area contributed by atoms with Gasteiger partial charge in [0.1, 0.15) is 5.82 Å². The van der Waals surface area contributed by atoms with Crippen LogP contribution in [0.15, 0.2) is 48.7 Å². The van der Waals surface area contributed by atoms with Crippen LogP contribution in [0, 0.1) is 5.92 Å². The standard InChI is InChI=1S/C20H24N4O3/c1-13(15-6-4-3-5-7-15)23-20(26)24-17(12-27-2)16(19(24)25)10-14-8-9-22-18(21)11-14/h3-9,11,13,16-17H,10,12H2,1-2H3,(H2,21,22)(H,23,26)/t13-,16-,17-/m1/s1. The molecule has 1 aliphatic rings. The molecular formula is C20H24N4O3. The van der Waals surface area contributed by atoms with Gasteiger partial charge in [-0.25, -0.2) is 9.78 Å². The van der Waals surface area contributed by atoms with E-state index in [0.29, 0.717) is 18.8 Å². The Morgan fingerprint density at radius 1 is 1.33 bits per heavy atom. The summed E-state index contributed by atoms with van der Waals surface area (Å²) in [6.07, 6.45) is 2.11. The van der Waals surface area contributed by atoms with Crippen molar-refractivity contribution in [1.82, 2.24) is 15.2 Å². The molecule has 1 aliphatic heterocycles. The summed E-state index contributed by atoms with van der Waals surface area (Å²) in [4.78, 5) is 30.5. The zero-order valence-corrected chi connectivity index (χ0v) is 15.5. The highest BCUT2D eigenvalue weighted by Gasteiger charge is 2.50. The summed E-state index contributed by atoms with van der Waals surface area (Å²) in [5.74, 6) is -0.108. The third kappa shape index (κ3) is 4.09.